The van der Waals surface area contributed by atoms with Gasteiger partial charge in [0, 0.05) is 25.2 Å². The van der Waals surface area contributed by atoms with Gasteiger partial charge in [-0.3, -0.25) is 4.79 Å². The Morgan fingerprint density at radius 2 is 1.95 bits per heavy atom. The number of hydrogen-bond donors (Lipinski definition) is 2. The maximum absolute atomic E-state index is 12.0. The molecule has 1 aliphatic heterocycles. The van der Waals surface area contributed by atoms with Crippen molar-refractivity contribution >= 4 is 12.0 Å². The number of likely N-dealkylation sites (N-methyl/N-ethyl adjacent to an activating group) is 1. The highest BCUT2D eigenvalue weighted by Crippen LogP contribution is 2.23. The number of carboxylic acid groups (broad SMARTS) is 1. The predicted octanol–water partition coefficient (Wildman–Crippen LogP) is 0.689. The number of likely N-dealkylation sites (tertiary alicyclic amines) is 1. The van der Waals surface area contributed by atoms with Gasteiger partial charge in [-0.25, -0.2) is 4.79 Å². The van der Waals surface area contributed by atoms with Crippen LogP contribution in [0.15, 0.2) is 0 Å². The molecule has 6 nitrogen and oxygen atoms in total. The summed E-state index contributed by atoms with van der Waals surface area (Å²) in [5.41, 5.74) is -0.132. The first-order valence-electron chi connectivity index (χ1n) is 6.58. The lowest BCUT2D eigenvalue weighted by atomic mass is 9.99. The number of hydrogen-bond acceptors (Lipinski definition) is 3. The summed E-state index contributed by atoms with van der Waals surface area (Å²) in [7, 11) is 3.93. The summed E-state index contributed by atoms with van der Waals surface area (Å²) < 4.78 is 0. The number of carbonyl (C=O) groups is 2. The van der Waals surface area contributed by atoms with Gasteiger partial charge >= 0.3 is 12.0 Å². The van der Waals surface area contributed by atoms with E-state index in [4.69, 9.17) is 5.11 Å². The summed E-state index contributed by atoms with van der Waals surface area (Å²) in [4.78, 5) is 26.7. The second kappa shape index (κ2) is 5.77. The van der Waals surface area contributed by atoms with E-state index in [-0.39, 0.29) is 17.5 Å². The van der Waals surface area contributed by atoms with Crippen LogP contribution in [0.3, 0.4) is 0 Å². The largest absolute Gasteiger partial charge is 0.481 e. The van der Waals surface area contributed by atoms with E-state index in [2.05, 4.69) is 5.32 Å². The number of carbonyl (C=O) groups excluding carboxylic acids is 1. The zero-order valence-electron chi connectivity index (χ0n) is 12.4. The highest BCUT2D eigenvalue weighted by molar-refractivity contribution is 5.77. The highest BCUT2D eigenvalue weighted by Gasteiger charge is 2.37. The van der Waals surface area contributed by atoms with Gasteiger partial charge in [-0.2, -0.15) is 0 Å². The van der Waals surface area contributed by atoms with E-state index in [9.17, 15) is 9.59 Å². The second-order valence-corrected chi connectivity index (χ2v) is 6.19. The molecule has 1 aliphatic rings. The summed E-state index contributed by atoms with van der Waals surface area (Å²) >= 11 is 0. The molecule has 0 aromatic rings. The average molecular weight is 271 g/mol. The molecule has 0 bridgehead atoms. The third-order valence-electron chi connectivity index (χ3n) is 4.10. The molecule has 0 aliphatic carbocycles. The molecule has 2 N–H and O–H groups in total. The van der Waals surface area contributed by atoms with Gasteiger partial charge in [-0.05, 0) is 33.9 Å². The quantitative estimate of drug-likeness (QED) is 0.789. The van der Waals surface area contributed by atoms with Crippen molar-refractivity contribution in [3.05, 3.63) is 0 Å². The van der Waals surface area contributed by atoms with Crippen molar-refractivity contribution in [1.82, 2.24) is 15.1 Å². The van der Waals surface area contributed by atoms with Crippen LogP contribution in [0.1, 0.15) is 20.8 Å². The first-order valence-corrected chi connectivity index (χ1v) is 6.58. The minimum absolute atomic E-state index is 0.00473. The van der Waals surface area contributed by atoms with Crippen LogP contribution in [0.2, 0.25) is 0 Å². The molecule has 2 amide bonds. The Morgan fingerprint density at radius 3 is 2.37 bits per heavy atom. The Hall–Kier alpha value is -1.30. The summed E-state index contributed by atoms with van der Waals surface area (Å²) in [6, 6.07) is -0.175. The van der Waals surface area contributed by atoms with Crippen molar-refractivity contribution in [3.8, 4) is 0 Å². The fraction of sp³-hybridized carbons (Fsp3) is 0.846. The molecular formula is C13H25N3O3. The van der Waals surface area contributed by atoms with Gasteiger partial charge < -0.3 is 20.2 Å². The second-order valence-electron chi connectivity index (χ2n) is 6.19. The van der Waals surface area contributed by atoms with E-state index in [1.165, 1.54) is 0 Å². The van der Waals surface area contributed by atoms with Gasteiger partial charge in [0.1, 0.15) is 0 Å². The van der Waals surface area contributed by atoms with Crippen molar-refractivity contribution in [2.75, 3.05) is 33.7 Å². The maximum Gasteiger partial charge on any atom is 0.317 e. The highest BCUT2D eigenvalue weighted by atomic mass is 16.4. The van der Waals surface area contributed by atoms with E-state index in [1.807, 2.05) is 39.8 Å². The summed E-state index contributed by atoms with van der Waals surface area (Å²) in [5, 5.41) is 11.9. The number of carboxylic acids is 1. The van der Waals surface area contributed by atoms with Crippen molar-refractivity contribution in [2.45, 2.75) is 26.3 Å². The van der Waals surface area contributed by atoms with Crippen LogP contribution < -0.4 is 5.32 Å². The Balaban J connectivity index is 2.50. The molecule has 1 saturated heterocycles. The summed E-state index contributed by atoms with van der Waals surface area (Å²) in [6.07, 6.45) is 0. The molecular weight excluding hydrogens is 246 g/mol. The SMILES string of the molecule is C[C@@H]1CN(C(=O)NCC(C)(C)N(C)C)C[C@H]1C(=O)O. The van der Waals surface area contributed by atoms with E-state index in [0.717, 1.165) is 0 Å². The molecule has 0 unspecified atom stereocenters. The van der Waals surface area contributed by atoms with E-state index in [1.54, 1.807) is 4.90 Å². The smallest absolute Gasteiger partial charge is 0.317 e. The number of urea groups is 1. The minimum Gasteiger partial charge on any atom is -0.481 e. The third-order valence-corrected chi connectivity index (χ3v) is 4.10. The zero-order valence-corrected chi connectivity index (χ0v) is 12.4. The lowest BCUT2D eigenvalue weighted by Crippen LogP contribution is -2.50. The van der Waals surface area contributed by atoms with E-state index < -0.39 is 11.9 Å². The number of amides is 2. The van der Waals surface area contributed by atoms with Gasteiger partial charge in [-0.1, -0.05) is 6.92 Å². The molecule has 1 heterocycles. The monoisotopic (exact) mass is 271 g/mol. The van der Waals surface area contributed by atoms with Gasteiger partial charge in [0.15, 0.2) is 0 Å². The zero-order chi connectivity index (χ0) is 14.8. The Kier molecular flexibility index (Phi) is 4.79. The Bertz CT molecular complexity index is 355. The van der Waals surface area contributed by atoms with Crippen molar-refractivity contribution < 1.29 is 14.7 Å². The fourth-order valence-electron chi connectivity index (χ4n) is 2.02. The molecule has 0 saturated carbocycles. The minimum atomic E-state index is -0.823. The summed E-state index contributed by atoms with van der Waals surface area (Å²) in [5.74, 6) is -1.27. The number of nitrogens with zero attached hydrogens (tertiary/aromatic N) is 2. The molecule has 0 radical (unpaired) electrons. The van der Waals surface area contributed by atoms with Crippen molar-refractivity contribution in [1.29, 1.82) is 0 Å². The topological polar surface area (TPSA) is 72.9 Å². The van der Waals surface area contributed by atoms with Crippen molar-refractivity contribution in [3.63, 3.8) is 0 Å². The number of rotatable bonds is 4. The van der Waals surface area contributed by atoms with Gasteiger partial charge in [0.05, 0.1) is 5.92 Å². The van der Waals surface area contributed by atoms with Crippen LogP contribution in [0.5, 0.6) is 0 Å². The lowest BCUT2D eigenvalue weighted by molar-refractivity contribution is -0.142. The molecule has 0 spiro atoms. The number of aliphatic carboxylic acids is 1. The van der Waals surface area contributed by atoms with Crippen LogP contribution in [0.4, 0.5) is 4.79 Å². The number of nitrogens with one attached hydrogen (secondary N) is 1. The fourth-order valence-corrected chi connectivity index (χ4v) is 2.02. The van der Waals surface area contributed by atoms with Crippen LogP contribution in [-0.2, 0) is 4.79 Å². The molecule has 110 valence electrons. The third kappa shape index (κ3) is 3.83. The van der Waals surface area contributed by atoms with Gasteiger partial charge in [0.2, 0.25) is 0 Å². The molecule has 0 aromatic carbocycles. The standard InChI is InChI=1S/C13H25N3O3/c1-9-6-16(7-10(9)11(17)18)12(19)14-8-13(2,3)15(4)5/h9-10H,6-8H2,1-5H3,(H,14,19)(H,17,18)/t9-,10-/m1/s1. The van der Waals surface area contributed by atoms with Crippen molar-refractivity contribution in [2.24, 2.45) is 11.8 Å². The first kappa shape index (κ1) is 15.8. The Morgan fingerprint density at radius 1 is 1.37 bits per heavy atom. The molecule has 6 heteroatoms. The van der Waals surface area contributed by atoms with E-state index in [0.29, 0.717) is 19.6 Å². The molecule has 19 heavy (non-hydrogen) atoms. The van der Waals surface area contributed by atoms with Gasteiger partial charge in [-0.15, -0.1) is 0 Å². The van der Waals surface area contributed by atoms with Crippen LogP contribution in [0, 0.1) is 11.8 Å². The maximum atomic E-state index is 12.0. The molecule has 0 aromatic heterocycles. The van der Waals surface area contributed by atoms with Crippen LogP contribution >= 0.6 is 0 Å². The first-order chi connectivity index (χ1) is 8.65. The van der Waals surface area contributed by atoms with E-state index >= 15 is 0 Å². The van der Waals surface area contributed by atoms with Gasteiger partial charge in [0.25, 0.3) is 0 Å². The lowest BCUT2D eigenvalue weighted by Gasteiger charge is -2.33. The molecule has 1 fully saturated rings. The predicted molar refractivity (Wildman–Crippen MR) is 73.0 cm³/mol. The molecule has 1 rings (SSSR count). The Labute approximate surface area is 114 Å². The normalized spacial score (nSPS) is 23.8. The summed E-state index contributed by atoms with van der Waals surface area (Å²) in [6.45, 7) is 7.28. The molecule has 2 atom stereocenters. The van der Waals surface area contributed by atoms with Crippen LogP contribution in [-0.4, -0.2) is 66.2 Å². The van der Waals surface area contributed by atoms with Crippen LogP contribution in [0.25, 0.3) is 0 Å². The average Bonchev–Trinajstić information content (AvgIpc) is 2.68.